The number of rotatable bonds is 7. The zero-order chi connectivity index (χ0) is 31.7. The summed E-state index contributed by atoms with van der Waals surface area (Å²) in [6.45, 7) is 3.10. The van der Waals surface area contributed by atoms with Crippen molar-refractivity contribution in [3.05, 3.63) is 82.1 Å². The average Bonchev–Trinajstić information content (AvgIpc) is 3.58. The van der Waals surface area contributed by atoms with E-state index in [0.717, 1.165) is 18.7 Å². The summed E-state index contributed by atoms with van der Waals surface area (Å²) >= 11 is 12.2. The van der Waals surface area contributed by atoms with Crippen molar-refractivity contribution in [3.8, 4) is 0 Å². The number of nitrogens with one attached hydrogen (secondary N) is 4. The van der Waals surface area contributed by atoms with Gasteiger partial charge < -0.3 is 26.0 Å². The van der Waals surface area contributed by atoms with Gasteiger partial charge in [-0.3, -0.25) is 19.5 Å². The molecule has 2 aromatic carbocycles. The van der Waals surface area contributed by atoms with Crippen LogP contribution in [-0.4, -0.2) is 64.3 Å². The second-order valence-corrected chi connectivity index (χ2v) is 9.77. The Hall–Kier alpha value is -4.56. The molecule has 0 saturated carbocycles. The molecule has 16 heteroatoms. The molecule has 0 spiro atoms. The van der Waals surface area contributed by atoms with E-state index in [9.17, 15) is 27.6 Å². The van der Waals surface area contributed by atoms with Crippen molar-refractivity contribution in [2.75, 3.05) is 28.6 Å². The van der Waals surface area contributed by atoms with Gasteiger partial charge >= 0.3 is 12.1 Å². The minimum atomic E-state index is -5.08. The van der Waals surface area contributed by atoms with E-state index in [-0.39, 0.29) is 38.9 Å². The maximum atomic E-state index is 13.0. The van der Waals surface area contributed by atoms with Gasteiger partial charge in [0.25, 0.3) is 11.8 Å². The molecule has 43 heavy (non-hydrogen) atoms. The van der Waals surface area contributed by atoms with E-state index >= 15 is 0 Å². The molecule has 4 rings (SSSR count). The molecule has 1 atom stereocenters. The standard InChI is InChI=1S/C25H24Cl2N6O3.C2HF3O2/c1-2-5-21(34)29-15-6-3-7-17(12-15)33-11-10-16(14-33)30-25(36)23-20(13-28-32-23)31-24(35)22-18(26)8-4-9-19(22)27;3-2(4,5)1(6)7/h2-9,12-13,16H,10-11,14H2,1H3,(H,28,32)(H,29,34)(H,30,36)(H,31,35);(H,6,7)/b5-2+;/t16-;/m0./s1. The van der Waals surface area contributed by atoms with E-state index in [1.54, 1.807) is 31.2 Å². The molecule has 3 aromatic rings. The third kappa shape index (κ3) is 9.21. The summed E-state index contributed by atoms with van der Waals surface area (Å²) in [5.74, 6) is -3.89. The SMILES string of the molecule is C/C=C/C(=O)Nc1cccc(N2CC[C@H](NC(=O)c3[nH]ncc3NC(=O)c3c(Cl)cccc3Cl)C2)c1.O=C(O)C(F)(F)F. The summed E-state index contributed by atoms with van der Waals surface area (Å²) in [5, 5.41) is 22.5. The van der Waals surface area contributed by atoms with E-state index in [2.05, 4.69) is 31.0 Å². The summed E-state index contributed by atoms with van der Waals surface area (Å²) in [6, 6.07) is 12.2. The lowest BCUT2D eigenvalue weighted by Crippen LogP contribution is -2.37. The number of aromatic amines is 1. The number of nitrogens with zero attached hydrogens (tertiary/aromatic N) is 2. The number of aromatic nitrogens is 2. The van der Waals surface area contributed by atoms with Crippen LogP contribution in [-0.2, 0) is 9.59 Å². The molecule has 0 radical (unpaired) electrons. The topological polar surface area (TPSA) is 157 Å². The molecule has 11 nitrogen and oxygen atoms in total. The van der Waals surface area contributed by atoms with Crippen molar-refractivity contribution < 1.29 is 37.5 Å². The highest BCUT2D eigenvalue weighted by Crippen LogP contribution is 2.27. The van der Waals surface area contributed by atoms with Crippen LogP contribution in [0.3, 0.4) is 0 Å². The Bertz CT molecular complexity index is 1510. The number of carboxylic acid groups (broad SMARTS) is 1. The Kier molecular flexibility index (Phi) is 11.2. The molecule has 0 aliphatic carbocycles. The first-order valence-corrected chi connectivity index (χ1v) is 13.2. The number of hydrogen-bond donors (Lipinski definition) is 5. The summed E-state index contributed by atoms with van der Waals surface area (Å²) in [7, 11) is 0. The third-order valence-corrected chi connectivity index (χ3v) is 6.50. The first-order valence-electron chi connectivity index (χ1n) is 12.5. The van der Waals surface area contributed by atoms with E-state index in [0.29, 0.717) is 12.2 Å². The van der Waals surface area contributed by atoms with Crippen molar-refractivity contribution in [1.29, 1.82) is 0 Å². The third-order valence-electron chi connectivity index (χ3n) is 5.87. The van der Waals surface area contributed by atoms with Gasteiger partial charge in [-0.1, -0.05) is 41.4 Å². The number of aliphatic carboxylic acids is 1. The number of carbonyl (C=O) groups excluding carboxylic acids is 3. The van der Waals surface area contributed by atoms with Crippen molar-refractivity contribution in [2.45, 2.75) is 25.6 Å². The van der Waals surface area contributed by atoms with Crippen LogP contribution in [0, 0.1) is 0 Å². The number of benzene rings is 2. The van der Waals surface area contributed by atoms with Crippen LogP contribution in [0.5, 0.6) is 0 Å². The fourth-order valence-corrected chi connectivity index (χ4v) is 4.51. The Morgan fingerprint density at radius 3 is 2.35 bits per heavy atom. The number of allylic oxidation sites excluding steroid dienone is 1. The van der Waals surface area contributed by atoms with Gasteiger partial charge in [-0.15, -0.1) is 0 Å². The highest BCUT2D eigenvalue weighted by atomic mass is 35.5. The number of alkyl halides is 3. The lowest BCUT2D eigenvalue weighted by atomic mass is 10.2. The quantitative estimate of drug-likeness (QED) is 0.224. The van der Waals surface area contributed by atoms with Crippen LogP contribution in [0.15, 0.2) is 60.8 Å². The van der Waals surface area contributed by atoms with Gasteiger partial charge in [0.1, 0.15) is 5.69 Å². The Balaban J connectivity index is 0.000000646. The van der Waals surface area contributed by atoms with Crippen LogP contribution in [0.25, 0.3) is 0 Å². The molecule has 2 heterocycles. The molecule has 0 bridgehead atoms. The number of anilines is 3. The Morgan fingerprint density at radius 2 is 1.72 bits per heavy atom. The highest BCUT2D eigenvalue weighted by molar-refractivity contribution is 6.40. The summed E-state index contributed by atoms with van der Waals surface area (Å²) in [5.41, 5.74) is 2.09. The molecule has 3 amide bonds. The van der Waals surface area contributed by atoms with Gasteiger partial charge in [0.15, 0.2) is 0 Å². The summed E-state index contributed by atoms with van der Waals surface area (Å²) < 4.78 is 31.7. The van der Waals surface area contributed by atoms with Crippen molar-refractivity contribution in [1.82, 2.24) is 15.5 Å². The van der Waals surface area contributed by atoms with Gasteiger partial charge in [0.2, 0.25) is 5.91 Å². The van der Waals surface area contributed by atoms with Gasteiger partial charge in [0.05, 0.1) is 27.5 Å². The van der Waals surface area contributed by atoms with Crippen LogP contribution >= 0.6 is 23.2 Å². The zero-order valence-electron chi connectivity index (χ0n) is 22.3. The van der Waals surface area contributed by atoms with Gasteiger partial charge in [-0.05, 0) is 49.8 Å². The van der Waals surface area contributed by atoms with Crippen LogP contribution in [0.1, 0.15) is 34.2 Å². The molecular weight excluding hydrogens is 616 g/mol. The largest absolute Gasteiger partial charge is 0.490 e. The molecule has 1 fully saturated rings. The summed E-state index contributed by atoms with van der Waals surface area (Å²) in [6.07, 6.45) is 0.136. The van der Waals surface area contributed by atoms with Crippen LogP contribution in [0.2, 0.25) is 10.0 Å². The van der Waals surface area contributed by atoms with Crippen LogP contribution < -0.4 is 20.9 Å². The monoisotopic (exact) mass is 640 g/mol. The maximum Gasteiger partial charge on any atom is 0.490 e. The number of carboxylic acids is 1. The number of halogens is 5. The maximum absolute atomic E-state index is 13.0. The van der Waals surface area contributed by atoms with Crippen molar-refractivity contribution in [3.63, 3.8) is 0 Å². The molecule has 1 saturated heterocycles. The average molecular weight is 641 g/mol. The zero-order valence-corrected chi connectivity index (χ0v) is 23.8. The van der Waals surface area contributed by atoms with E-state index in [1.807, 2.05) is 24.3 Å². The predicted octanol–water partition coefficient (Wildman–Crippen LogP) is 5.13. The van der Waals surface area contributed by atoms with Gasteiger partial charge in [-0.25, -0.2) is 4.79 Å². The number of amides is 3. The fourth-order valence-electron chi connectivity index (χ4n) is 3.94. The smallest absolute Gasteiger partial charge is 0.475 e. The lowest BCUT2D eigenvalue weighted by Gasteiger charge is -2.20. The molecule has 1 aromatic heterocycles. The van der Waals surface area contributed by atoms with Crippen molar-refractivity contribution >= 4 is 64.0 Å². The number of carbonyl (C=O) groups is 4. The van der Waals surface area contributed by atoms with E-state index in [4.69, 9.17) is 33.1 Å². The Labute approximate surface area is 253 Å². The van der Waals surface area contributed by atoms with Gasteiger partial charge in [0, 0.05) is 30.5 Å². The second-order valence-electron chi connectivity index (χ2n) is 8.96. The fraction of sp³-hybridized carbons (Fsp3) is 0.222. The molecule has 5 N–H and O–H groups in total. The molecule has 1 aliphatic heterocycles. The minimum Gasteiger partial charge on any atom is -0.475 e. The lowest BCUT2D eigenvalue weighted by molar-refractivity contribution is -0.192. The first kappa shape index (κ1) is 32.9. The molecular formula is C27H25Cl2F3N6O5. The number of hydrogen-bond acceptors (Lipinski definition) is 6. The van der Waals surface area contributed by atoms with Crippen LogP contribution in [0.4, 0.5) is 30.2 Å². The van der Waals surface area contributed by atoms with E-state index < -0.39 is 24.0 Å². The summed E-state index contributed by atoms with van der Waals surface area (Å²) in [4.78, 5) is 48.5. The molecule has 0 unspecified atom stereocenters. The Morgan fingerprint density at radius 1 is 1.07 bits per heavy atom. The second kappa shape index (κ2) is 14.6. The van der Waals surface area contributed by atoms with Crippen molar-refractivity contribution in [2.24, 2.45) is 0 Å². The normalized spacial score (nSPS) is 14.6. The highest BCUT2D eigenvalue weighted by Gasteiger charge is 2.38. The number of H-pyrrole nitrogens is 1. The first-order chi connectivity index (χ1) is 20.3. The minimum absolute atomic E-state index is 0.115. The molecule has 1 aliphatic rings. The molecule has 228 valence electrons. The predicted molar refractivity (Wildman–Crippen MR) is 155 cm³/mol. The van der Waals surface area contributed by atoms with E-state index in [1.165, 1.54) is 12.3 Å². The van der Waals surface area contributed by atoms with Gasteiger partial charge in [-0.2, -0.15) is 18.3 Å².